The Labute approximate surface area is 114 Å². The van der Waals surface area contributed by atoms with Gasteiger partial charge in [-0.1, -0.05) is 12.1 Å². The van der Waals surface area contributed by atoms with Gasteiger partial charge in [0, 0.05) is 19.3 Å². The van der Waals surface area contributed by atoms with Crippen LogP contribution in [-0.4, -0.2) is 36.2 Å². The summed E-state index contributed by atoms with van der Waals surface area (Å²) < 4.78 is 5.31. The first-order chi connectivity index (χ1) is 8.95. The minimum atomic E-state index is -0.964. The lowest BCUT2D eigenvalue weighted by atomic mass is 9.84. The fourth-order valence-corrected chi connectivity index (χ4v) is 2.27. The van der Waals surface area contributed by atoms with Gasteiger partial charge in [0.1, 0.15) is 5.41 Å². The van der Waals surface area contributed by atoms with E-state index in [-0.39, 0.29) is 17.8 Å². The summed E-state index contributed by atoms with van der Waals surface area (Å²) in [6.45, 7) is 7.02. The number of hydrogen-bond donors (Lipinski definition) is 3. The van der Waals surface area contributed by atoms with E-state index in [9.17, 15) is 4.79 Å². The van der Waals surface area contributed by atoms with E-state index in [1.165, 1.54) is 0 Å². The van der Waals surface area contributed by atoms with Gasteiger partial charge in [-0.3, -0.25) is 4.79 Å². The molecule has 6 heteroatoms. The number of nitrogens with one attached hydrogen (secondary N) is 1. The molecule has 1 amide bonds. The number of oxime groups is 1. The van der Waals surface area contributed by atoms with Crippen LogP contribution in [0.4, 0.5) is 0 Å². The molecule has 1 fully saturated rings. The van der Waals surface area contributed by atoms with Gasteiger partial charge in [-0.2, -0.15) is 0 Å². The van der Waals surface area contributed by atoms with Crippen LogP contribution in [0.3, 0.4) is 0 Å². The zero-order valence-electron chi connectivity index (χ0n) is 12.0. The highest BCUT2D eigenvalue weighted by Crippen LogP contribution is 2.24. The van der Waals surface area contributed by atoms with Crippen molar-refractivity contribution < 1.29 is 14.7 Å². The van der Waals surface area contributed by atoms with Crippen LogP contribution >= 0.6 is 0 Å². The van der Waals surface area contributed by atoms with Crippen LogP contribution in [0.1, 0.15) is 40.0 Å². The Morgan fingerprint density at radius 3 is 2.63 bits per heavy atom. The maximum absolute atomic E-state index is 12.3. The molecule has 1 aliphatic rings. The largest absolute Gasteiger partial charge is 0.409 e. The van der Waals surface area contributed by atoms with E-state index in [1.807, 2.05) is 13.8 Å². The van der Waals surface area contributed by atoms with Crippen molar-refractivity contribution in [1.82, 2.24) is 5.32 Å². The number of rotatable bonds is 5. The van der Waals surface area contributed by atoms with Gasteiger partial charge in [0.25, 0.3) is 0 Å². The Kier molecular flexibility index (Phi) is 5.60. The molecule has 1 heterocycles. The molecule has 0 spiro atoms. The van der Waals surface area contributed by atoms with Gasteiger partial charge in [-0.15, -0.1) is 0 Å². The normalized spacial score (nSPS) is 22.6. The second kappa shape index (κ2) is 6.75. The predicted octanol–water partition coefficient (Wildman–Crippen LogP) is 1.08. The van der Waals surface area contributed by atoms with Crippen molar-refractivity contribution in [2.75, 3.05) is 13.2 Å². The number of amides is 1. The molecule has 0 aromatic carbocycles. The van der Waals surface area contributed by atoms with Crippen molar-refractivity contribution in [1.29, 1.82) is 0 Å². The Balaban J connectivity index is 2.66. The molecular weight excluding hydrogens is 246 g/mol. The molecule has 0 aromatic heterocycles. The standard InChI is InChI=1S/C13H25N3O3/c1-4-13(3,11(14)16-18)12(17)15-9(2)10-5-7-19-8-6-10/h9-10,18H,4-8H2,1-3H3,(H2,14,16)(H,15,17). The van der Waals surface area contributed by atoms with E-state index >= 15 is 0 Å². The Morgan fingerprint density at radius 1 is 1.58 bits per heavy atom. The van der Waals surface area contributed by atoms with Gasteiger partial charge in [0.15, 0.2) is 5.84 Å². The third kappa shape index (κ3) is 3.59. The monoisotopic (exact) mass is 271 g/mol. The lowest BCUT2D eigenvalue weighted by Crippen LogP contribution is -2.51. The summed E-state index contributed by atoms with van der Waals surface area (Å²) in [5.74, 6) is 0.182. The summed E-state index contributed by atoms with van der Waals surface area (Å²) in [6, 6.07) is 0.0637. The molecule has 0 radical (unpaired) electrons. The molecule has 0 aliphatic carbocycles. The SMILES string of the molecule is CCC(C)(C(=O)NC(C)C1CCOCC1)C(N)=NO. The molecule has 1 aliphatic heterocycles. The minimum absolute atomic E-state index is 0.0494. The highest BCUT2D eigenvalue weighted by Gasteiger charge is 2.37. The zero-order chi connectivity index (χ0) is 14.5. The number of carbonyl (C=O) groups excluding carboxylic acids is 1. The molecule has 1 rings (SSSR count). The summed E-state index contributed by atoms with van der Waals surface area (Å²) in [5.41, 5.74) is 4.67. The quantitative estimate of drug-likeness (QED) is 0.302. The fourth-order valence-electron chi connectivity index (χ4n) is 2.27. The van der Waals surface area contributed by atoms with Crippen LogP contribution in [0.5, 0.6) is 0 Å². The fraction of sp³-hybridized carbons (Fsp3) is 0.846. The highest BCUT2D eigenvalue weighted by atomic mass is 16.5. The topological polar surface area (TPSA) is 96.9 Å². The number of carbonyl (C=O) groups is 1. The van der Waals surface area contributed by atoms with Crippen LogP contribution in [0.2, 0.25) is 0 Å². The Morgan fingerprint density at radius 2 is 2.16 bits per heavy atom. The number of nitrogens with zero attached hydrogens (tertiary/aromatic N) is 1. The molecule has 2 atom stereocenters. The number of nitrogens with two attached hydrogens (primary N) is 1. The van der Waals surface area contributed by atoms with Crippen LogP contribution in [0.15, 0.2) is 5.16 Å². The van der Waals surface area contributed by atoms with Crippen LogP contribution in [0.25, 0.3) is 0 Å². The molecule has 2 unspecified atom stereocenters. The predicted molar refractivity (Wildman–Crippen MR) is 73.0 cm³/mol. The number of amidine groups is 1. The molecule has 4 N–H and O–H groups in total. The van der Waals surface area contributed by atoms with Gasteiger partial charge >= 0.3 is 0 Å². The molecule has 0 saturated carbocycles. The third-order valence-electron chi connectivity index (χ3n) is 4.21. The van der Waals surface area contributed by atoms with Crippen LogP contribution in [-0.2, 0) is 9.53 Å². The van der Waals surface area contributed by atoms with Crippen molar-refractivity contribution in [2.45, 2.75) is 46.1 Å². The van der Waals surface area contributed by atoms with Crippen molar-refractivity contribution in [3.63, 3.8) is 0 Å². The van der Waals surface area contributed by atoms with Gasteiger partial charge in [0.05, 0.1) is 0 Å². The van der Waals surface area contributed by atoms with E-state index in [0.29, 0.717) is 12.3 Å². The lowest BCUT2D eigenvalue weighted by Gasteiger charge is -2.32. The van der Waals surface area contributed by atoms with E-state index in [2.05, 4.69) is 10.5 Å². The summed E-state index contributed by atoms with van der Waals surface area (Å²) in [4.78, 5) is 12.3. The van der Waals surface area contributed by atoms with E-state index < -0.39 is 5.41 Å². The van der Waals surface area contributed by atoms with Crippen LogP contribution in [0, 0.1) is 11.3 Å². The first-order valence-corrected chi connectivity index (χ1v) is 6.82. The van der Waals surface area contributed by atoms with E-state index in [0.717, 1.165) is 26.1 Å². The number of hydrogen-bond acceptors (Lipinski definition) is 4. The van der Waals surface area contributed by atoms with Crippen molar-refractivity contribution in [3.05, 3.63) is 0 Å². The molecule has 0 aromatic rings. The van der Waals surface area contributed by atoms with Gasteiger partial charge in [0.2, 0.25) is 5.91 Å². The summed E-state index contributed by atoms with van der Waals surface area (Å²) in [7, 11) is 0. The van der Waals surface area contributed by atoms with Gasteiger partial charge in [-0.05, 0) is 39.0 Å². The van der Waals surface area contributed by atoms with E-state index in [4.69, 9.17) is 15.7 Å². The molecular formula is C13H25N3O3. The average molecular weight is 271 g/mol. The first kappa shape index (κ1) is 15.8. The molecule has 1 saturated heterocycles. The maximum Gasteiger partial charge on any atom is 0.233 e. The summed E-state index contributed by atoms with van der Waals surface area (Å²) in [5, 5.41) is 14.8. The van der Waals surface area contributed by atoms with Crippen LogP contribution < -0.4 is 11.1 Å². The van der Waals surface area contributed by atoms with Gasteiger partial charge in [-0.25, -0.2) is 0 Å². The van der Waals surface area contributed by atoms with Crippen molar-refractivity contribution >= 4 is 11.7 Å². The molecule has 110 valence electrons. The molecule has 19 heavy (non-hydrogen) atoms. The van der Waals surface area contributed by atoms with Gasteiger partial charge < -0.3 is 21.0 Å². The first-order valence-electron chi connectivity index (χ1n) is 6.82. The second-order valence-corrected chi connectivity index (χ2v) is 5.38. The number of ether oxygens (including phenoxy) is 1. The Hall–Kier alpha value is -1.30. The maximum atomic E-state index is 12.3. The average Bonchev–Trinajstić information content (AvgIpc) is 2.46. The Bertz CT molecular complexity index is 340. The molecule has 0 bridgehead atoms. The van der Waals surface area contributed by atoms with Crippen molar-refractivity contribution in [3.8, 4) is 0 Å². The lowest BCUT2D eigenvalue weighted by molar-refractivity contribution is -0.128. The summed E-state index contributed by atoms with van der Waals surface area (Å²) >= 11 is 0. The third-order valence-corrected chi connectivity index (χ3v) is 4.21. The molecule has 6 nitrogen and oxygen atoms in total. The highest BCUT2D eigenvalue weighted by molar-refractivity contribution is 6.06. The van der Waals surface area contributed by atoms with Crippen molar-refractivity contribution in [2.24, 2.45) is 22.2 Å². The second-order valence-electron chi connectivity index (χ2n) is 5.38. The smallest absolute Gasteiger partial charge is 0.233 e. The summed E-state index contributed by atoms with van der Waals surface area (Å²) in [6.07, 6.45) is 2.39. The zero-order valence-corrected chi connectivity index (χ0v) is 12.0. The minimum Gasteiger partial charge on any atom is -0.409 e. The van der Waals surface area contributed by atoms with E-state index in [1.54, 1.807) is 6.92 Å².